The minimum absolute atomic E-state index is 0.0923. The standard InChI is InChI=1S/C19H21N5O2/c1-12(2)17(13-8-10-16(26-3)11-9-13)20-19(25)15-6-4-14(5-7-15)18-21-23-24-22-18/h4-12,17H,1-3H3,(H,20,25)(H,21,22,23,24)/t17-/m0/s1. The van der Waals surface area contributed by atoms with Crippen molar-refractivity contribution in [3.05, 3.63) is 59.7 Å². The minimum atomic E-state index is -0.126. The third-order valence-electron chi connectivity index (χ3n) is 4.18. The second-order valence-electron chi connectivity index (χ2n) is 6.28. The molecule has 2 aromatic carbocycles. The maximum absolute atomic E-state index is 12.7. The van der Waals surface area contributed by atoms with E-state index in [1.165, 1.54) is 0 Å². The molecule has 1 atom stereocenters. The Labute approximate surface area is 151 Å². The smallest absolute Gasteiger partial charge is 0.251 e. The number of nitrogens with one attached hydrogen (secondary N) is 2. The quantitative estimate of drug-likeness (QED) is 0.712. The molecular formula is C19H21N5O2. The molecule has 0 radical (unpaired) electrons. The second-order valence-corrected chi connectivity index (χ2v) is 6.28. The molecule has 0 saturated carbocycles. The lowest BCUT2D eigenvalue weighted by Gasteiger charge is -2.23. The summed E-state index contributed by atoms with van der Waals surface area (Å²) < 4.78 is 5.20. The highest BCUT2D eigenvalue weighted by molar-refractivity contribution is 5.94. The molecule has 3 aromatic rings. The van der Waals surface area contributed by atoms with Crippen molar-refractivity contribution < 1.29 is 9.53 Å². The summed E-state index contributed by atoms with van der Waals surface area (Å²) in [5.74, 6) is 1.40. The monoisotopic (exact) mass is 351 g/mol. The number of methoxy groups -OCH3 is 1. The number of carbonyl (C=O) groups is 1. The van der Waals surface area contributed by atoms with Gasteiger partial charge in [0.1, 0.15) is 5.75 Å². The molecule has 7 nitrogen and oxygen atoms in total. The van der Waals surface area contributed by atoms with Crippen LogP contribution in [0.15, 0.2) is 48.5 Å². The Morgan fingerprint density at radius 3 is 2.31 bits per heavy atom. The highest BCUT2D eigenvalue weighted by Crippen LogP contribution is 2.24. The first kappa shape index (κ1) is 17.6. The van der Waals surface area contributed by atoms with Gasteiger partial charge in [0.15, 0.2) is 0 Å². The second kappa shape index (κ2) is 7.77. The van der Waals surface area contributed by atoms with Gasteiger partial charge >= 0.3 is 0 Å². The van der Waals surface area contributed by atoms with Crippen LogP contribution in [0.25, 0.3) is 11.4 Å². The Kier molecular flexibility index (Phi) is 5.26. The van der Waals surface area contributed by atoms with E-state index < -0.39 is 0 Å². The van der Waals surface area contributed by atoms with Crippen molar-refractivity contribution in [3.63, 3.8) is 0 Å². The van der Waals surface area contributed by atoms with Gasteiger partial charge in [-0.25, -0.2) is 0 Å². The summed E-state index contributed by atoms with van der Waals surface area (Å²) in [6.45, 7) is 4.16. The molecule has 0 spiro atoms. The zero-order valence-corrected chi connectivity index (χ0v) is 14.9. The average molecular weight is 351 g/mol. The summed E-state index contributed by atoms with van der Waals surface area (Å²) in [6.07, 6.45) is 0. The molecule has 7 heteroatoms. The van der Waals surface area contributed by atoms with E-state index in [2.05, 4.69) is 39.8 Å². The molecule has 1 aromatic heterocycles. The number of nitrogens with zero attached hydrogens (tertiary/aromatic N) is 3. The third kappa shape index (κ3) is 3.88. The highest BCUT2D eigenvalue weighted by atomic mass is 16.5. The maximum atomic E-state index is 12.7. The largest absolute Gasteiger partial charge is 0.497 e. The summed E-state index contributed by atoms with van der Waals surface area (Å²) >= 11 is 0. The molecule has 0 aliphatic heterocycles. The Morgan fingerprint density at radius 2 is 1.77 bits per heavy atom. The SMILES string of the molecule is COc1ccc([C@@H](NC(=O)c2ccc(-c3nn[nH]n3)cc2)C(C)C)cc1. The maximum Gasteiger partial charge on any atom is 0.251 e. The summed E-state index contributed by atoms with van der Waals surface area (Å²) in [5, 5.41) is 16.9. The van der Waals surface area contributed by atoms with Crippen LogP contribution in [0.4, 0.5) is 0 Å². The number of aromatic nitrogens is 4. The van der Waals surface area contributed by atoms with Crippen molar-refractivity contribution in [2.24, 2.45) is 5.92 Å². The Balaban J connectivity index is 1.75. The number of hydrogen-bond donors (Lipinski definition) is 2. The number of benzene rings is 2. The van der Waals surface area contributed by atoms with E-state index in [-0.39, 0.29) is 17.9 Å². The van der Waals surface area contributed by atoms with Gasteiger partial charge in [-0.05, 0) is 41.0 Å². The molecule has 26 heavy (non-hydrogen) atoms. The Hall–Kier alpha value is -3.22. The highest BCUT2D eigenvalue weighted by Gasteiger charge is 2.19. The molecule has 0 bridgehead atoms. The zero-order valence-electron chi connectivity index (χ0n) is 14.9. The van der Waals surface area contributed by atoms with E-state index >= 15 is 0 Å². The van der Waals surface area contributed by atoms with Crippen LogP contribution in [0.1, 0.15) is 35.8 Å². The van der Waals surface area contributed by atoms with Crippen LogP contribution >= 0.6 is 0 Å². The lowest BCUT2D eigenvalue weighted by Crippen LogP contribution is -2.31. The number of tetrazole rings is 1. The van der Waals surface area contributed by atoms with Crippen molar-refractivity contribution in [1.82, 2.24) is 25.9 Å². The first-order valence-electron chi connectivity index (χ1n) is 8.37. The van der Waals surface area contributed by atoms with Crippen LogP contribution < -0.4 is 10.1 Å². The van der Waals surface area contributed by atoms with Crippen LogP contribution in [-0.2, 0) is 0 Å². The van der Waals surface area contributed by atoms with Crippen molar-refractivity contribution >= 4 is 5.91 Å². The number of rotatable bonds is 6. The normalized spacial score (nSPS) is 12.0. The fraction of sp³-hybridized carbons (Fsp3) is 0.263. The summed E-state index contributed by atoms with van der Waals surface area (Å²) in [5.41, 5.74) is 2.42. The first-order chi connectivity index (χ1) is 12.6. The van der Waals surface area contributed by atoms with Crippen LogP contribution in [-0.4, -0.2) is 33.6 Å². The van der Waals surface area contributed by atoms with Crippen LogP contribution in [0.3, 0.4) is 0 Å². The fourth-order valence-corrected chi connectivity index (χ4v) is 2.73. The van der Waals surface area contributed by atoms with Crippen LogP contribution in [0.2, 0.25) is 0 Å². The molecule has 0 aliphatic carbocycles. The molecule has 0 saturated heterocycles. The van der Waals surface area contributed by atoms with E-state index in [9.17, 15) is 4.79 Å². The molecule has 1 heterocycles. The van der Waals surface area contributed by atoms with Gasteiger partial charge in [0, 0.05) is 11.1 Å². The number of H-pyrrole nitrogens is 1. The molecule has 3 rings (SSSR count). The molecule has 0 fully saturated rings. The number of hydrogen-bond acceptors (Lipinski definition) is 5. The molecule has 0 aliphatic rings. The summed E-state index contributed by atoms with van der Waals surface area (Å²) in [7, 11) is 1.63. The number of aromatic amines is 1. The van der Waals surface area contributed by atoms with Gasteiger partial charge in [-0.2, -0.15) is 5.21 Å². The van der Waals surface area contributed by atoms with Gasteiger partial charge in [-0.3, -0.25) is 4.79 Å². The zero-order chi connectivity index (χ0) is 18.5. The lowest BCUT2D eigenvalue weighted by atomic mass is 9.95. The Bertz CT molecular complexity index is 843. The molecule has 134 valence electrons. The minimum Gasteiger partial charge on any atom is -0.497 e. The van der Waals surface area contributed by atoms with E-state index in [1.807, 2.05) is 24.3 Å². The number of carbonyl (C=O) groups excluding carboxylic acids is 1. The van der Waals surface area contributed by atoms with E-state index in [4.69, 9.17) is 4.74 Å². The third-order valence-corrected chi connectivity index (χ3v) is 4.18. The van der Waals surface area contributed by atoms with Crippen LogP contribution in [0.5, 0.6) is 5.75 Å². The summed E-state index contributed by atoms with van der Waals surface area (Å²) in [4.78, 5) is 12.7. The van der Waals surface area contributed by atoms with Gasteiger partial charge in [-0.1, -0.05) is 38.1 Å². The Morgan fingerprint density at radius 1 is 1.08 bits per heavy atom. The van der Waals surface area contributed by atoms with Gasteiger partial charge < -0.3 is 10.1 Å². The molecular weight excluding hydrogens is 330 g/mol. The molecule has 0 unspecified atom stereocenters. The van der Waals surface area contributed by atoms with Gasteiger partial charge in [0.2, 0.25) is 5.82 Å². The fourth-order valence-electron chi connectivity index (χ4n) is 2.73. The number of ether oxygens (including phenoxy) is 1. The topological polar surface area (TPSA) is 92.8 Å². The van der Waals surface area contributed by atoms with Gasteiger partial charge in [-0.15, -0.1) is 10.2 Å². The van der Waals surface area contributed by atoms with E-state index in [0.717, 1.165) is 16.9 Å². The van der Waals surface area contributed by atoms with Crippen molar-refractivity contribution in [2.45, 2.75) is 19.9 Å². The van der Waals surface area contributed by atoms with Gasteiger partial charge in [0.25, 0.3) is 5.91 Å². The van der Waals surface area contributed by atoms with Crippen LogP contribution in [0, 0.1) is 5.92 Å². The first-order valence-corrected chi connectivity index (χ1v) is 8.37. The summed E-state index contributed by atoms with van der Waals surface area (Å²) in [6, 6.07) is 14.8. The van der Waals surface area contributed by atoms with Crippen molar-refractivity contribution in [3.8, 4) is 17.1 Å². The van der Waals surface area contributed by atoms with Gasteiger partial charge in [0.05, 0.1) is 13.2 Å². The predicted octanol–water partition coefficient (Wildman–Crippen LogP) is 3.00. The van der Waals surface area contributed by atoms with Crippen molar-refractivity contribution in [2.75, 3.05) is 7.11 Å². The number of amides is 1. The van der Waals surface area contributed by atoms with E-state index in [1.54, 1.807) is 31.4 Å². The predicted molar refractivity (Wildman–Crippen MR) is 97.7 cm³/mol. The average Bonchev–Trinajstić information content (AvgIpc) is 3.21. The molecule has 2 N–H and O–H groups in total. The van der Waals surface area contributed by atoms with E-state index in [0.29, 0.717) is 11.4 Å². The lowest BCUT2D eigenvalue weighted by molar-refractivity contribution is 0.0925. The molecule has 1 amide bonds. The van der Waals surface area contributed by atoms with Crippen molar-refractivity contribution in [1.29, 1.82) is 0 Å².